The minimum atomic E-state index is 0.131. The summed E-state index contributed by atoms with van der Waals surface area (Å²) in [4.78, 5) is 4.65. The third-order valence-electron chi connectivity index (χ3n) is 3.96. The molecule has 3 heteroatoms. The molecule has 0 fully saturated rings. The Morgan fingerprint density at radius 3 is 2.45 bits per heavy atom. The number of aliphatic hydroxyl groups excluding tert-OH is 1. The fraction of sp³-hybridized carbons (Fsp3) is 0.211. The first-order valence-electron chi connectivity index (χ1n) is 7.37. The van der Waals surface area contributed by atoms with Crippen molar-refractivity contribution in [2.24, 2.45) is 0 Å². The van der Waals surface area contributed by atoms with Gasteiger partial charge in [0.25, 0.3) is 0 Å². The van der Waals surface area contributed by atoms with Gasteiger partial charge in [-0.25, -0.2) is 0 Å². The number of fused-ring (bicyclic) bond motifs is 1. The first kappa shape index (κ1) is 15.0. The second-order valence-electron chi connectivity index (χ2n) is 5.55. The lowest BCUT2D eigenvalue weighted by atomic mass is 9.90. The Bertz CT molecular complexity index is 825. The highest BCUT2D eigenvalue weighted by atomic mass is 35.5. The van der Waals surface area contributed by atoms with Crippen LogP contribution in [0.2, 0.25) is 5.02 Å². The molecule has 0 atom stereocenters. The number of nitrogens with zero attached hydrogens (tertiary/aromatic N) is 1. The lowest BCUT2D eigenvalue weighted by molar-refractivity contribution is 0.299. The number of aliphatic hydroxyl groups is 1. The van der Waals surface area contributed by atoms with Gasteiger partial charge in [-0.1, -0.05) is 29.8 Å². The topological polar surface area (TPSA) is 33.1 Å². The van der Waals surface area contributed by atoms with Crippen LogP contribution in [0.15, 0.2) is 42.5 Å². The molecular formula is C19H18ClNO. The number of rotatable bonds is 3. The molecule has 0 aliphatic carbocycles. The third kappa shape index (κ3) is 2.72. The Balaban J connectivity index is 2.36. The zero-order chi connectivity index (χ0) is 15.7. The molecule has 2 aromatic carbocycles. The molecule has 0 aliphatic heterocycles. The maximum atomic E-state index is 9.44. The smallest absolute Gasteiger partial charge is 0.0714 e. The third-order valence-corrected chi connectivity index (χ3v) is 4.21. The SMILES string of the molecule is Cc1ccc2c(-c3ccc(Cl)cc3)c(CCO)c(C)cc2n1. The first-order valence-corrected chi connectivity index (χ1v) is 7.74. The van der Waals surface area contributed by atoms with Gasteiger partial charge in [0.2, 0.25) is 0 Å². The Kier molecular flexibility index (Phi) is 4.14. The molecule has 0 amide bonds. The molecule has 22 heavy (non-hydrogen) atoms. The quantitative estimate of drug-likeness (QED) is 0.760. The van der Waals surface area contributed by atoms with Crippen LogP contribution < -0.4 is 0 Å². The van der Waals surface area contributed by atoms with Crippen LogP contribution in [-0.4, -0.2) is 16.7 Å². The van der Waals surface area contributed by atoms with Crippen molar-refractivity contribution in [3.63, 3.8) is 0 Å². The highest BCUT2D eigenvalue weighted by Crippen LogP contribution is 2.34. The summed E-state index contributed by atoms with van der Waals surface area (Å²) >= 11 is 6.02. The molecule has 1 N–H and O–H groups in total. The van der Waals surface area contributed by atoms with Gasteiger partial charge in [0.15, 0.2) is 0 Å². The molecule has 1 heterocycles. The molecule has 0 bridgehead atoms. The van der Waals surface area contributed by atoms with Crippen LogP contribution in [0, 0.1) is 13.8 Å². The molecule has 3 rings (SSSR count). The maximum Gasteiger partial charge on any atom is 0.0714 e. The van der Waals surface area contributed by atoms with Crippen LogP contribution in [0.1, 0.15) is 16.8 Å². The zero-order valence-electron chi connectivity index (χ0n) is 12.7. The molecule has 0 saturated heterocycles. The first-order chi connectivity index (χ1) is 10.6. The van der Waals surface area contributed by atoms with E-state index in [9.17, 15) is 5.11 Å². The molecule has 0 radical (unpaired) electrons. The summed E-state index contributed by atoms with van der Waals surface area (Å²) in [6.45, 7) is 4.21. The minimum absolute atomic E-state index is 0.131. The predicted molar refractivity (Wildman–Crippen MR) is 92.5 cm³/mol. The molecule has 0 unspecified atom stereocenters. The summed E-state index contributed by atoms with van der Waals surface area (Å²) in [6.07, 6.45) is 0.633. The molecule has 0 aliphatic rings. The van der Waals surface area contributed by atoms with E-state index in [1.165, 1.54) is 5.56 Å². The Labute approximate surface area is 135 Å². The molecule has 112 valence electrons. The van der Waals surface area contributed by atoms with Crippen molar-refractivity contribution in [2.45, 2.75) is 20.3 Å². The van der Waals surface area contributed by atoms with E-state index < -0.39 is 0 Å². The minimum Gasteiger partial charge on any atom is -0.396 e. The average Bonchev–Trinajstić information content (AvgIpc) is 2.49. The van der Waals surface area contributed by atoms with Crippen molar-refractivity contribution in [2.75, 3.05) is 6.61 Å². The Morgan fingerprint density at radius 2 is 1.77 bits per heavy atom. The van der Waals surface area contributed by atoms with Crippen molar-refractivity contribution >= 4 is 22.5 Å². The monoisotopic (exact) mass is 311 g/mol. The van der Waals surface area contributed by atoms with Crippen molar-refractivity contribution in [1.82, 2.24) is 4.98 Å². The molecule has 0 spiro atoms. The van der Waals surface area contributed by atoms with Crippen LogP contribution in [0.5, 0.6) is 0 Å². The van der Waals surface area contributed by atoms with Crippen LogP contribution in [0.4, 0.5) is 0 Å². The van der Waals surface area contributed by atoms with E-state index in [1.807, 2.05) is 37.3 Å². The van der Waals surface area contributed by atoms with E-state index in [0.717, 1.165) is 38.3 Å². The van der Waals surface area contributed by atoms with Gasteiger partial charge in [-0.15, -0.1) is 0 Å². The van der Waals surface area contributed by atoms with Gasteiger partial charge in [0, 0.05) is 22.7 Å². The summed E-state index contributed by atoms with van der Waals surface area (Å²) in [6, 6.07) is 14.1. The summed E-state index contributed by atoms with van der Waals surface area (Å²) in [5.74, 6) is 0. The number of pyridine rings is 1. The van der Waals surface area contributed by atoms with E-state index in [1.54, 1.807) is 0 Å². The van der Waals surface area contributed by atoms with Gasteiger partial charge in [0.1, 0.15) is 0 Å². The number of halogens is 1. The largest absolute Gasteiger partial charge is 0.396 e. The van der Waals surface area contributed by atoms with E-state index in [-0.39, 0.29) is 6.61 Å². The van der Waals surface area contributed by atoms with Crippen LogP contribution in [-0.2, 0) is 6.42 Å². The van der Waals surface area contributed by atoms with Crippen molar-refractivity contribution in [3.8, 4) is 11.1 Å². The summed E-state index contributed by atoms with van der Waals surface area (Å²) in [7, 11) is 0. The van der Waals surface area contributed by atoms with Gasteiger partial charge >= 0.3 is 0 Å². The highest BCUT2D eigenvalue weighted by Gasteiger charge is 2.13. The summed E-state index contributed by atoms with van der Waals surface area (Å²) in [5, 5.41) is 11.3. The maximum absolute atomic E-state index is 9.44. The van der Waals surface area contributed by atoms with Crippen molar-refractivity contribution < 1.29 is 5.11 Å². The van der Waals surface area contributed by atoms with Gasteiger partial charge in [-0.3, -0.25) is 4.98 Å². The van der Waals surface area contributed by atoms with Gasteiger partial charge in [0.05, 0.1) is 5.52 Å². The van der Waals surface area contributed by atoms with Crippen LogP contribution in [0.3, 0.4) is 0 Å². The van der Waals surface area contributed by atoms with Crippen LogP contribution in [0.25, 0.3) is 22.0 Å². The fourth-order valence-corrected chi connectivity index (χ4v) is 3.06. The fourth-order valence-electron chi connectivity index (χ4n) is 2.93. The lowest BCUT2D eigenvalue weighted by Crippen LogP contribution is -2.00. The van der Waals surface area contributed by atoms with Gasteiger partial charge < -0.3 is 5.11 Å². The molecule has 2 nitrogen and oxygen atoms in total. The molecule has 1 aromatic heterocycles. The van der Waals surface area contributed by atoms with E-state index in [2.05, 4.69) is 24.0 Å². The highest BCUT2D eigenvalue weighted by molar-refractivity contribution is 6.30. The van der Waals surface area contributed by atoms with Crippen molar-refractivity contribution in [3.05, 3.63) is 64.3 Å². The van der Waals surface area contributed by atoms with E-state index in [0.29, 0.717) is 6.42 Å². The summed E-state index contributed by atoms with van der Waals surface area (Å²) < 4.78 is 0. The zero-order valence-corrected chi connectivity index (χ0v) is 13.5. The number of benzene rings is 2. The average molecular weight is 312 g/mol. The normalized spacial score (nSPS) is 11.1. The molecule has 0 saturated carbocycles. The molecule has 3 aromatic rings. The second-order valence-corrected chi connectivity index (χ2v) is 5.98. The Morgan fingerprint density at radius 1 is 1.05 bits per heavy atom. The van der Waals surface area contributed by atoms with Crippen molar-refractivity contribution in [1.29, 1.82) is 0 Å². The number of aryl methyl sites for hydroxylation is 2. The predicted octanol–water partition coefficient (Wildman–Crippen LogP) is 4.71. The van der Waals surface area contributed by atoms with Crippen LogP contribution >= 0.6 is 11.6 Å². The standard InChI is InChI=1S/C19H18ClNO/c1-12-11-18-17(8-3-13(2)21-18)19(16(12)9-10-22)14-4-6-15(20)7-5-14/h3-8,11,22H,9-10H2,1-2H3. The summed E-state index contributed by atoms with van der Waals surface area (Å²) in [5.41, 5.74) is 6.57. The van der Waals surface area contributed by atoms with Gasteiger partial charge in [-0.05, 0) is 66.8 Å². The number of aromatic nitrogens is 1. The molecular weight excluding hydrogens is 294 g/mol. The van der Waals surface area contributed by atoms with E-state index >= 15 is 0 Å². The number of hydrogen-bond donors (Lipinski definition) is 1. The van der Waals surface area contributed by atoms with Gasteiger partial charge in [-0.2, -0.15) is 0 Å². The second kappa shape index (κ2) is 6.07. The Hall–Kier alpha value is -1.90. The van der Waals surface area contributed by atoms with E-state index in [4.69, 9.17) is 11.6 Å². The number of hydrogen-bond acceptors (Lipinski definition) is 2. The lowest BCUT2D eigenvalue weighted by Gasteiger charge is -2.16.